The third-order valence-corrected chi connectivity index (χ3v) is 6.96. The van der Waals surface area contributed by atoms with E-state index in [9.17, 15) is 17.6 Å². The first kappa shape index (κ1) is 29.5. The van der Waals surface area contributed by atoms with Gasteiger partial charge in [0.25, 0.3) is 0 Å². The monoisotopic (exact) mass is 560 g/mol. The van der Waals surface area contributed by atoms with E-state index in [1.54, 1.807) is 19.1 Å². The molecule has 0 aromatic heterocycles. The van der Waals surface area contributed by atoms with E-state index < -0.39 is 46.0 Å². The summed E-state index contributed by atoms with van der Waals surface area (Å²) in [4.78, 5) is 0. The molecule has 3 aromatic carbocycles. The third kappa shape index (κ3) is 6.28. The second kappa shape index (κ2) is 13.2. The van der Waals surface area contributed by atoms with Crippen LogP contribution in [-0.4, -0.2) is 12.7 Å². The van der Waals surface area contributed by atoms with Gasteiger partial charge in [0.15, 0.2) is 34.8 Å². The zero-order valence-corrected chi connectivity index (χ0v) is 22.3. The third-order valence-electron chi connectivity index (χ3n) is 6.96. The zero-order chi connectivity index (χ0) is 28.8. The van der Waals surface area contributed by atoms with Crippen LogP contribution in [0.2, 0.25) is 0 Å². The highest BCUT2D eigenvalue weighted by Gasteiger charge is 2.24. The maximum absolute atomic E-state index is 15.1. The quantitative estimate of drug-likeness (QED) is 0.182. The molecular formula is C32H30F6O2. The van der Waals surface area contributed by atoms with Crippen LogP contribution >= 0.6 is 0 Å². The molecule has 0 saturated carbocycles. The van der Waals surface area contributed by atoms with Crippen molar-refractivity contribution in [3.05, 3.63) is 106 Å². The summed E-state index contributed by atoms with van der Waals surface area (Å²) in [5.41, 5.74) is 0.172. The molecule has 3 aromatic rings. The van der Waals surface area contributed by atoms with Crippen LogP contribution in [0.1, 0.15) is 56.2 Å². The Hall–Kier alpha value is -3.52. The molecule has 1 aliphatic carbocycles. The fourth-order valence-corrected chi connectivity index (χ4v) is 4.77. The number of aryl methyl sites for hydroxylation is 1. The lowest BCUT2D eigenvalue weighted by Gasteiger charge is -2.23. The highest BCUT2D eigenvalue weighted by Crippen LogP contribution is 2.36. The summed E-state index contributed by atoms with van der Waals surface area (Å²) >= 11 is 0. The zero-order valence-electron chi connectivity index (χ0n) is 22.3. The van der Waals surface area contributed by atoms with E-state index in [2.05, 4.69) is 0 Å². The molecule has 0 bridgehead atoms. The normalized spacial score (nSPS) is 15.5. The van der Waals surface area contributed by atoms with Gasteiger partial charge in [0.1, 0.15) is 0 Å². The number of rotatable bonds is 10. The lowest BCUT2D eigenvalue weighted by molar-refractivity contribution is 0.0342. The van der Waals surface area contributed by atoms with Gasteiger partial charge in [-0.1, -0.05) is 42.5 Å². The molecule has 1 aliphatic rings. The SMILES string of the molecule is CC=CCCc1ccc(COC2CC=C(c3ccc(-c4ccc(OCC)c(F)c4F)c(F)c3F)CC2)c(F)c1F. The molecule has 0 saturated heterocycles. The molecule has 1 unspecified atom stereocenters. The average Bonchev–Trinajstić information content (AvgIpc) is 2.96. The van der Waals surface area contributed by atoms with E-state index >= 15 is 8.78 Å². The molecule has 1 atom stereocenters. The molecule has 0 amide bonds. The van der Waals surface area contributed by atoms with Crippen LogP contribution in [0.5, 0.6) is 5.75 Å². The minimum Gasteiger partial charge on any atom is -0.491 e. The van der Waals surface area contributed by atoms with Gasteiger partial charge in [-0.25, -0.2) is 22.0 Å². The van der Waals surface area contributed by atoms with Crippen molar-refractivity contribution in [2.24, 2.45) is 0 Å². The van der Waals surface area contributed by atoms with Crippen molar-refractivity contribution < 1.29 is 35.8 Å². The van der Waals surface area contributed by atoms with Crippen LogP contribution in [0.4, 0.5) is 26.3 Å². The lowest BCUT2D eigenvalue weighted by Crippen LogP contribution is -2.16. The molecule has 212 valence electrons. The summed E-state index contributed by atoms with van der Waals surface area (Å²) in [6, 6.07) is 7.96. The first-order chi connectivity index (χ1) is 19.3. The number of halogens is 6. The molecule has 40 heavy (non-hydrogen) atoms. The smallest absolute Gasteiger partial charge is 0.201 e. The first-order valence-electron chi connectivity index (χ1n) is 13.2. The Kier molecular flexibility index (Phi) is 9.74. The topological polar surface area (TPSA) is 18.5 Å². The maximum Gasteiger partial charge on any atom is 0.201 e. The summed E-state index contributed by atoms with van der Waals surface area (Å²) in [5.74, 6) is -7.15. The Labute approximate surface area is 229 Å². The number of hydrogen-bond donors (Lipinski definition) is 0. The fraction of sp³-hybridized carbons (Fsp3) is 0.312. The van der Waals surface area contributed by atoms with Crippen molar-refractivity contribution in [1.29, 1.82) is 0 Å². The van der Waals surface area contributed by atoms with Gasteiger partial charge in [-0.3, -0.25) is 0 Å². The molecule has 0 spiro atoms. The van der Waals surface area contributed by atoms with E-state index in [0.717, 1.165) is 6.07 Å². The van der Waals surface area contributed by atoms with Crippen LogP contribution in [0.25, 0.3) is 16.7 Å². The van der Waals surface area contributed by atoms with Crippen molar-refractivity contribution in [3.8, 4) is 16.9 Å². The molecule has 2 nitrogen and oxygen atoms in total. The first-order valence-corrected chi connectivity index (χ1v) is 13.2. The highest BCUT2D eigenvalue weighted by atomic mass is 19.2. The predicted molar refractivity (Wildman–Crippen MR) is 143 cm³/mol. The van der Waals surface area contributed by atoms with Gasteiger partial charge < -0.3 is 9.47 Å². The van der Waals surface area contributed by atoms with E-state index in [0.29, 0.717) is 43.2 Å². The molecule has 0 radical (unpaired) electrons. The number of ether oxygens (including phenoxy) is 2. The standard InChI is InChI=1S/C32H30F6O2/c1-3-5-6-7-20-8-9-21(28(34)27(20)33)18-40-22-12-10-19(11-13-22)23-14-15-24(30(36)29(23)35)25-16-17-26(39-4-2)32(38)31(25)37/h3,5,8-10,14-17,22H,4,6-7,11-13,18H2,1-2H3. The largest absolute Gasteiger partial charge is 0.491 e. The van der Waals surface area contributed by atoms with Crippen LogP contribution in [0.15, 0.2) is 54.6 Å². The maximum atomic E-state index is 15.1. The lowest BCUT2D eigenvalue weighted by atomic mass is 9.90. The Morgan fingerprint density at radius 2 is 1.40 bits per heavy atom. The minimum absolute atomic E-state index is 0.0214. The number of hydrogen-bond acceptors (Lipinski definition) is 2. The van der Waals surface area contributed by atoms with Crippen LogP contribution in [-0.2, 0) is 17.8 Å². The summed E-state index contributed by atoms with van der Waals surface area (Å²) in [7, 11) is 0. The van der Waals surface area contributed by atoms with E-state index in [4.69, 9.17) is 9.47 Å². The van der Waals surface area contributed by atoms with Crippen molar-refractivity contribution in [3.63, 3.8) is 0 Å². The summed E-state index contributed by atoms with van der Waals surface area (Å²) < 4.78 is 98.7. The van der Waals surface area contributed by atoms with Gasteiger partial charge >= 0.3 is 0 Å². The fourth-order valence-electron chi connectivity index (χ4n) is 4.77. The molecule has 0 fully saturated rings. The van der Waals surface area contributed by atoms with Gasteiger partial charge in [0.2, 0.25) is 5.82 Å². The van der Waals surface area contributed by atoms with Gasteiger partial charge in [-0.15, -0.1) is 0 Å². The Balaban J connectivity index is 1.43. The van der Waals surface area contributed by atoms with Gasteiger partial charge in [0, 0.05) is 22.3 Å². The van der Waals surface area contributed by atoms with Gasteiger partial charge in [0.05, 0.1) is 19.3 Å². The van der Waals surface area contributed by atoms with E-state index in [1.807, 2.05) is 19.1 Å². The molecule has 0 heterocycles. The molecule has 0 aliphatic heterocycles. The summed E-state index contributed by atoms with van der Waals surface area (Å²) in [6.07, 6.45) is 7.33. The second-order valence-corrected chi connectivity index (χ2v) is 9.52. The summed E-state index contributed by atoms with van der Waals surface area (Å²) in [5, 5.41) is 0. The second-order valence-electron chi connectivity index (χ2n) is 9.52. The molecular weight excluding hydrogens is 530 g/mol. The number of benzene rings is 3. The van der Waals surface area contributed by atoms with Crippen LogP contribution < -0.4 is 4.74 Å². The molecule has 0 N–H and O–H groups in total. The van der Waals surface area contributed by atoms with E-state index in [1.165, 1.54) is 24.3 Å². The summed E-state index contributed by atoms with van der Waals surface area (Å²) in [6.45, 7) is 3.48. The number of allylic oxidation sites excluding steroid dienone is 3. The molecule has 8 heteroatoms. The Morgan fingerprint density at radius 1 is 0.775 bits per heavy atom. The van der Waals surface area contributed by atoms with Crippen molar-refractivity contribution >= 4 is 5.57 Å². The van der Waals surface area contributed by atoms with Crippen molar-refractivity contribution in [2.45, 2.75) is 58.7 Å². The van der Waals surface area contributed by atoms with Crippen LogP contribution in [0, 0.1) is 34.9 Å². The van der Waals surface area contributed by atoms with Crippen molar-refractivity contribution in [1.82, 2.24) is 0 Å². The Bertz CT molecular complexity index is 1430. The minimum atomic E-state index is -1.33. The van der Waals surface area contributed by atoms with Gasteiger partial charge in [-0.2, -0.15) is 4.39 Å². The average molecular weight is 561 g/mol. The predicted octanol–water partition coefficient (Wildman–Crippen LogP) is 9.25. The van der Waals surface area contributed by atoms with Crippen LogP contribution in [0.3, 0.4) is 0 Å². The van der Waals surface area contributed by atoms with E-state index in [-0.39, 0.29) is 36.2 Å². The van der Waals surface area contributed by atoms with Crippen molar-refractivity contribution in [2.75, 3.05) is 6.61 Å². The Morgan fingerprint density at radius 3 is 2.08 bits per heavy atom. The molecule has 4 rings (SSSR count). The van der Waals surface area contributed by atoms with Gasteiger partial charge in [-0.05, 0) is 69.2 Å². The highest BCUT2D eigenvalue weighted by molar-refractivity contribution is 5.72.